The van der Waals surface area contributed by atoms with Crippen molar-refractivity contribution in [3.8, 4) is 0 Å². The molecule has 0 aliphatic rings. The Balaban J connectivity index is 3.07. The Morgan fingerprint density at radius 3 is 2.38 bits per heavy atom. The van der Waals surface area contributed by atoms with E-state index in [0.29, 0.717) is 18.5 Å². The third-order valence-electron chi connectivity index (χ3n) is 4.65. The fourth-order valence-corrected chi connectivity index (χ4v) is 2.78. The van der Waals surface area contributed by atoms with Crippen LogP contribution in [0.1, 0.15) is 47.5 Å². The molecule has 8 nitrogen and oxygen atoms in total. The van der Waals surface area contributed by atoms with E-state index in [2.05, 4.69) is 4.98 Å². The van der Waals surface area contributed by atoms with E-state index >= 15 is 0 Å². The summed E-state index contributed by atoms with van der Waals surface area (Å²) < 4.78 is 10.2. The van der Waals surface area contributed by atoms with Crippen LogP contribution in [-0.2, 0) is 23.9 Å². The number of pyridine rings is 1. The first-order valence-electron chi connectivity index (χ1n) is 10.0. The lowest BCUT2D eigenvalue weighted by atomic mass is 10.0. The fourth-order valence-electron chi connectivity index (χ4n) is 2.78. The Bertz CT molecular complexity index is 666. The molecule has 29 heavy (non-hydrogen) atoms. The van der Waals surface area contributed by atoms with Crippen LogP contribution in [-0.4, -0.2) is 48.1 Å². The standard InChI is InChI=1S/C21H33N3O5/c1-6-15(5)19(22)21(27)29-18(25)13-24(16-9-8-10-23-12-16)17(11-14(3)4)20(26)28-7-2/h8-10,12,14-15,17,19H,6-7,11,13,22H2,1-5H3/t15-,17-,19-/m0/s1. The number of nitrogens with two attached hydrogens (primary N) is 1. The Morgan fingerprint density at radius 2 is 1.86 bits per heavy atom. The number of anilines is 1. The third-order valence-corrected chi connectivity index (χ3v) is 4.65. The van der Waals surface area contributed by atoms with E-state index in [1.807, 2.05) is 27.7 Å². The summed E-state index contributed by atoms with van der Waals surface area (Å²) in [7, 11) is 0. The molecule has 0 saturated carbocycles. The predicted octanol–water partition coefficient (Wildman–Crippen LogP) is 2.31. The number of esters is 3. The summed E-state index contributed by atoms with van der Waals surface area (Å²) in [5.41, 5.74) is 6.41. The predicted molar refractivity (Wildman–Crippen MR) is 110 cm³/mol. The number of hydrogen-bond acceptors (Lipinski definition) is 8. The first-order chi connectivity index (χ1) is 13.7. The molecular weight excluding hydrogens is 374 g/mol. The van der Waals surface area contributed by atoms with Crippen LogP contribution in [0.15, 0.2) is 24.5 Å². The molecule has 2 N–H and O–H groups in total. The van der Waals surface area contributed by atoms with Crippen molar-refractivity contribution in [2.45, 2.75) is 59.5 Å². The normalized spacial score (nSPS) is 14.0. The van der Waals surface area contributed by atoms with Gasteiger partial charge in [-0.15, -0.1) is 0 Å². The van der Waals surface area contributed by atoms with Gasteiger partial charge in [-0.05, 0) is 37.3 Å². The SMILES string of the molecule is CCOC(=O)[C@H](CC(C)C)N(CC(=O)OC(=O)[C@@H](N)[C@@H](C)CC)c1cccnc1. The molecule has 1 aromatic heterocycles. The second kappa shape index (κ2) is 12.2. The van der Waals surface area contributed by atoms with Crippen molar-refractivity contribution in [1.82, 2.24) is 4.98 Å². The quantitative estimate of drug-likeness (QED) is 0.439. The molecule has 8 heteroatoms. The summed E-state index contributed by atoms with van der Waals surface area (Å²) in [5, 5.41) is 0. The van der Waals surface area contributed by atoms with Crippen LogP contribution in [0, 0.1) is 11.8 Å². The summed E-state index contributed by atoms with van der Waals surface area (Å²) in [4.78, 5) is 42.9. The highest BCUT2D eigenvalue weighted by Crippen LogP contribution is 2.21. The van der Waals surface area contributed by atoms with Crippen LogP contribution >= 0.6 is 0 Å². The molecule has 1 rings (SSSR count). The molecule has 0 spiro atoms. The number of nitrogens with zero attached hydrogens (tertiary/aromatic N) is 2. The fraction of sp³-hybridized carbons (Fsp3) is 0.619. The maximum absolute atomic E-state index is 12.6. The van der Waals surface area contributed by atoms with E-state index in [0.717, 1.165) is 0 Å². The molecule has 162 valence electrons. The molecule has 0 radical (unpaired) electrons. The van der Waals surface area contributed by atoms with Gasteiger partial charge in [0.15, 0.2) is 0 Å². The number of aromatic nitrogens is 1. The van der Waals surface area contributed by atoms with Crippen LogP contribution < -0.4 is 10.6 Å². The zero-order valence-electron chi connectivity index (χ0n) is 18.0. The molecule has 0 fully saturated rings. The van der Waals surface area contributed by atoms with Crippen molar-refractivity contribution in [1.29, 1.82) is 0 Å². The molecule has 0 amide bonds. The number of carbonyl (C=O) groups excluding carboxylic acids is 3. The first-order valence-corrected chi connectivity index (χ1v) is 10.0. The van der Waals surface area contributed by atoms with Gasteiger partial charge in [0.2, 0.25) is 0 Å². The lowest BCUT2D eigenvalue weighted by molar-refractivity contribution is -0.160. The second-order valence-electron chi connectivity index (χ2n) is 7.44. The van der Waals surface area contributed by atoms with Crippen LogP contribution in [0.2, 0.25) is 0 Å². The lowest BCUT2D eigenvalue weighted by Gasteiger charge is -2.32. The molecular formula is C21H33N3O5. The summed E-state index contributed by atoms with van der Waals surface area (Å²) in [6.45, 7) is 9.31. The Labute approximate surface area is 172 Å². The number of rotatable bonds is 11. The first kappa shape index (κ1) is 24.6. The summed E-state index contributed by atoms with van der Waals surface area (Å²) in [5.74, 6) is -1.94. The van der Waals surface area contributed by atoms with Crippen molar-refractivity contribution >= 4 is 23.6 Å². The minimum atomic E-state index is -0.882. The summed E-state index contributed by atoms with van der Waals surface area (Å²) in [6.07, 6.45) is 4.29. The van der Waals surface area contributed by atoms with Gasteiger partial charge >= 0.3 is 17.9 Å². The maximum atomic E-state index is 12.6. The van der Waals surface area contributed by atoms with E-state index in [4.69, 9.17) is 15.2 Å². The van der Waals surface area contributed by atoms with Crippen molar-refractivity contribution in [3.63, 3.8) is 0 Å². The topological polar surface area (TPSA) is 112 Å². The number of hydrogen-bond donors (Lipinski definition) is 1. The van der Waals surface area contributed by atoms with Crippen LogP contribution in [0.3, 0.4) is 0 Å². The van der Waals surface area contributed by atoms with E-state index < -0.39 is 30.0 Å². The molecule has 0 unspecified atom stereocenters. The largest absolute Gasteiger partial charge is 0.464 e. The van der Waals surface area contributed by atoms with Gasteiger partial charge in [-0.25, -0.2) is 14.4 Å². The van der Waals surface area contributed by atoms with Gasteiger partial charge in [-0.3, -0.25) is 4.98 Å². The molecule has 0 aromatic carbocycles. The van der Waals surface area contributed by atoms with E-state index in [1.165, 1.54) is 0 Å². The highest BCUT2D eigenvalue weighted by Gasteiger charge is 2.32. The van der Waals surface area contributed by atoms with Crippen molar-refractivity contribution in [2.24, 2.45) is 17.6 Å². The third kappa shape index (κ3) is 7.81. The average Bonchev–Trinajstić information content (AvgIpc) is 2.69. The molecule has 1 heterocycles. The van der Waals surface area contributed by atoms with Gasteiger partial charge < -0.3 is 20.1 Å². The van der Waals surface area contributed by atoms with E-state index in [-0.39, 0.29) is 25.0 Å². The van der Waals surface area contributed by atoms with Crippen LogP contribution in [0.25, 0.3) is 0 Å². The summed E-state index contributed by atoms with van der Waals surface area (Å²) >= 11 is 0. The van der Waals surface area contributed by atoms with Gasteiger partial charge in [0.05, 0.1) is 18.5 Å². The maximum Gasteiger partial charge on any atom is 0.333 e. The summed E-state index contributed by atoms with van der Waals surface area (Å²) in [6, 6.07) is 1.84. The zero-order chi connectivity index (χ0) is 22.0. The minimum absolute atomic E-state index is 0.113. The van der Waals surface area contributed by atoms with Gasteiger partial charge in [0.1, 0.15) is 18.6 Å². The van der Waals surface area contributed by atoms with E-state index in [9.17, 15) is 14.4 Å². The second-order valence-corrected chi connectivity index (χ2v) is 7.44. The van der Waals surface area contributed by atoms with Crippen molar-refractivity contribution in [2.75, 3.05) is 18.1 Å². The van der Waals surface area contributed by atoms with Gasteiger partial charge in [0, 0.05) is 6.20 Å². The number of carbonyl (C=O) groups is 3. The highest BCUT2D eigenvalue weighted by atomic mass is 16.6. The molecule has 0 bridgehead atoms. The molecule has 0 aliphatic heterocycles. The Hall–Kier alpha value is -2.48. The van der Waals surface area contributed by atoms with Gasteiger partial charge in [-0.2, -0.15) is 0 Å². The Kier molecular flexibility index (Phi) is 10.3. The molecule has 1 aromatic rings. The minimum Gasteiger partial charge on any atom is -0.464 e. The van der Waals surface area contributed by atoms with Gasteiger partial charge in [-0.1, -0.05) is 34.1 Å². The Morgan fingerprint density at radius 1 is 1.17 bits per heavy atom. The van der Waals surface area contributed by atoms with Gasteiger partial charge in [0.25, 0.3) is 0 Å². The zero-order valence-corrected chi connectivity index (χ0v) is 18.0. The van der Waals surface area contributed by atoms with Crippen molar-refractivity contribution < 1.29 is 23.9 Å². The monoisotopic (exact) mass is 407 g/mol. The smallest absolute Gasteiger partial charge is 0.333 e. The van der Waals surface area contributed by atoms with Crippen LogP contribution in [0.4, 0.5) is 5.69 Å². The molecule has 0 saturated heterocycles. The highest BCUT2D eigenvalue weighted by molar-refractivity contribution is 5.91. The van der Waals surface area contributed by atoms with Crippen molar-refractivity contribution in [3.05, 3.63) is 24.5 Å². The van der Waals surface area contributed by atoms with Crippen LogP contribution in [0.5, 0.6) is 0 Å². The average molecular weight is 408 g/mol. The molecule has 0 aliphatic carbocycles. The number of ether oxygens (including phenoxy) is 2. The lowest BCUT2D eigenvalue weighted by Crippen LogP contribution is -2.47. The van der Waals surface area contributed by atoms with E-state index in [1.54, 1.807) is 36.4 Å². The molecule has 3 atom stereocenters.